The average Bonchev–Trinajstić information content (AvgIpc) is 2.20. The minimum atomic E-state index is 1.00. The van der Waals surface area contributed by atoms with Gasteiger partial charge in [0.1, 0.15) is 0 Å². The summed E-state index contributed by atoms with van der Waals surface area (Å²) in [5.41, 5.74) is 2.28. The molecule has 0 saturated heterocycles. The number of hydrogen-bond donors (Lipinski definition) is 0. The zero-order valence-electron chi connectivity index (χ0n) is 6.81. The maximum Gasteiger partial charge on any atom is 0.0437 e. The molecule has 2 heterocycles. The second kappa shape index (κ2) is 3.66. The monoisotopic (exact) mass is 234 g/mol. The van der Waals surface area contributed by atoms with Gasteiger partial charge in [0, 0.05) is 29.3 Å². The molecule has 2 aromatic rings. The summed E-state index contributed by atoms with van der Waals surface area (Å²) in [4.78, 5) is 7.98. The third-order valence-electron chi connectivity index (χ3n) is 1.76. The SMILES string of the molecule is Brc1cnccc1-c1ccncc1. The lowest BCUT2D eigenvalue weighted by atomic mass is 10.1. The lowest BCUT2D eigenvalue weighted by Crippen LogP contribution is -1.81. The van der Waals surface area contributed by atoms with Gasteiger partial charge in [0.15, 0.2) is 0 Å². The molecule has 0 aliphatic carbocycles. The van der Waals surface area contributed by atoms with Crippen molar-refractivity contribution in [1.82, 2.24) is 9.97 Å². The van der Waals surface area contributed by atoms with Crippen molar-refractivity contribution in [1.29, 1.82) is 0 Å². The Kier molecular flexibility index (Phi) is 2.36. The van der Waals surface area contributed by atoms with Gasteiger partial charge in [-0.3, -0.25) is 9.97 Å². The van der Waals surface area contributed by atoms with Crippen LogP contribution in [-0.2, 0) is 0 Å². The van der Waals surface area contributed by atoms with Gasteiger partial charge in [-0.05, 0) is 45.3 Å². The fourth-order valence-corrected chi connectivity index (χ4v) is 1.62. The van der Waals surface area contributed by atoms with E-state index < -0.39 is 0 Å². The highest BCUT2D eigenvalue weighted by molar-refractivity contribution is 9.10. The average molecular weight is 235 g/mol. The Morgan fingerprint density at radius 2 is 1.62 bits per heavy atom. The van der Waals surface area contributed by atoms with Crippen LogP contribution in [0.2, 0.25) is 0 Å². The fourth-order valence-electron chi connectivity index (χ4n) is 1.14. The van der Waals surface area contributed by atoms with Gasteiger partial charge in [-0.2, -0.15) is 0 Å². The van der Waals surface area contributed by atoms with Gasteiger partial charge in [-0.1, -0.05) is 0 Å². The summed E-state index contributed by atoms with van der Waals surface area (Å²) in [6, 6.07) is 5.92. The predicted octanol–water partition coefficient (Wildman–Crippen LogP) is 2.91. The van der Waals surface area contributed by atoms with Crippen LogP contribution in [-0.4, -0.2) is 9.97 Å². The smallest absolute Gasteiger partial charge is 0.0437 e. The second-order valence-corrected chi connectivity index (χ2v) is 3.45. The predicted molar refractivity (Wildman–Crippen MR) is 55.2 cm³/mol. The molecule has 0 spiro atoms. The normalized spacial score (nSPS) is 9.92. The molecule has 0 aliphatic rings. The molecule has 0 N–H and O–H groups in total. The molecule has 13 heavy (non-hydrogen) atoms. The Labute approximate surface area is 84.8 Å². The quantitative estimate of drug-likeness (QED) is 0.759. The fraction of sp³-hybridized carbons (Fsp3) is 0. The number of pyridine rings is 2. The lowest BCUT2D eigenvalue weighted by Gasteiger charge is -2.01. The first-order valence-electron chi connectivity index (χ1n) is 3.88. The zero-order valence-corrected chi connectivity index (χ0v) is 8.40. The van der Waals surface area contributed by atoms with E-state index in [0.717, 1.165) is 15.6 Å². The van der Waals surface area contributed by atoms with Gasteiger partial charge in [0.2, 0.25) is 0 Å². The van der Waals surface area contributed by atoms with Crippen molar-refractivity contribution in [2.24, 2.45) is 0 Å². The standard InChI is InChI=1S/C10H7BrN2/c11-10-7-13-6-3-9(10)8-1-4-12-5-2-8/h1-7H. The molecule has 0 atom stereocenters. The number of halogens is 1. The van der Waals surface area contributed by atoms with Crippen LogP contribution in [0.25, 0.3) is 11.1 Å². The summed E-state index contributed by atoms with van der Waals surface area (Å²) in [7, 11) is 0. The molecule has 64 valence electrons. The van der Waals surface area contributed by atoms with Crippen LogP contribution in [0.5, 0.6) is 0 Å². The maximum absolute atomic E-state index is 4.01. The van der Waals surface area contributed by atoms with E-state index in [1.54, 1.807) is 24.8 Å². The van der Waals surface area contributed by atoms with Crippen molar-refractivity contribution in [3.8, 4) is 11.1 Å². The van der Waals surface area contributed by atoms with Gasteiger partial charge in [0.25, 0.3) is 0 Å². The maximum atomic E-state index is 4.01. The van der Waals surface area contributed by atoms with Gasteiger partial charge >= 0.3 is 0 Å². The van der Waals surface area contributed by atoms with Crippen LogP contribution in [0, 0.1) is 0 Å². The van der Waals surface area contributed by atoms with Crippen LogP contribution < -0.4 is 0 Å². The van der Waals surface area contributed by atoms with Crippen molar-refractivity contribution in [3.63, 3.8) is 0 Å². The van der Waals surface area contributed by atoms with Crippen LogP contribution in [0.15, 0.2) is 47.5 Å². The van der Waals surface area contributed by atoms with E-state index in [9.17, 15) is 0 Å². The molecular formula is C10H7BrN2. The molecule has 0 fully saturated rings. The minimum absolute atomic E-state index is 1.00. The molecule has 0 aromatic carbocycles. The highest BCUT2D eigenvalue weighted by Crippen LogP contribution is 2.25. The van der Waals surface area contributed by atoms with E-state index in [1.165, 1.54) is 0 Å². The number of nitrogens with zero attached hydrogens (tertiary/aromatic N) is 2. The summed E-state index contributed by atoms with van der Waals surface area (Å²) >= 11 is 3.45. The van der Waals surface area contributed by atoms with Crippen molar-refractivity contribution in [3.05, 3.63) is 47.5 Å². The van der Waals surface area contributed by atoms with Crippen molar-refractivity contribution >= 4 is 15.9 Å². The summed E-state index contributed by atoms with van der Waals surface area (Å²) in [5.74, 6) is 0. The summed E-state index contributed by atoms with van der Waals surface area (Å²) in [6.45, 7) is 0. The largest absolute Gasteiger partial charge is 0.265 e. The highest BCUT2D eigenvalue weighted by Gasteiger charge is 2.00. The van der Waals surface area contributed by atoms with E-state index in [-0.39, 0.29) is 0 Å². The topological polar surface area (TPSA) is 25.8 Å². The first-order chi connectivity index (χ1) is 6.38. The Morgan fingerprint density at radius 1 is 0.923 bits per heavy atom. The van der Waals surface area contributed by atoms with E-state index in [2.05, 4.69) is 25.9 Å². The molecule has 0 bridgehead atoms. The van der Waals surface area contributed by atoms with Crippen LogP contribution in [0.4, 0.5) is 0 Å². The van der Waals surface area contributed by atoms with Crippen LogP contribution in [0.3, 0.4) is 0 Å². The van der Waals surface area contributed by atoms with E-state index >= 15 is 0 Å². The number of rotatable bonds is 1. The number of hydrogen-bond acceptors (Lipinski definition) is 2. The van der Waals surface area contributed by atoms with E-state index in [1.807, 2.05) is 18.2 Å². The molecule has 2 nitrogen and oxygen atoms in total. The number of aromatic nitrogens is 2. The molecular weight excluding hydrogens is 228 g/mol. The summed E-state index contributed by atoms with van der Waals surface area (Å²) in [5, 5.41) is 0. The Bertz CT molecular complexity index is 401. The van der Waals surface area contributed by atoms with Crippen molar-refractivity contribution < 1.29 is 0 Å². The van der Waals surface area contributed by atoms with Crippen molar-refractivity contribution in [2.45, 2.75) is 0 Å². The molecule has 0 unspecified atom stereocenters. The third kappa shape index (κ3) is 1.75. The molecule has 0 saturated carbocycles. The molecule has 0 aliphatic heterocycles. The van der Waals surface area contributed by atoms with Gasteiger partial charge < -0.3 is 0 Å². The van der Waals surface area contributed by atoms with Gasteiger partial charge in [-0.25, -0.2) is 0 Å². The highest BCUT2D eigenvalue weighted by atomic mass is 79.9. The first-order valence-corrected chi connectivity index (χ1v) is 4.67. The second-order valence-electron chi connectivity index (χ2n) is 2.59. The summed E-state index contributed by atoms with van der Waals surface area (Å²) < 4.78 is 1.00. The summed E-state index contributed by atoms with van der Waals surface area (Å²) in [6.07, 6.45) is 7.13. The zero-order chi connectivity index (χ0) is 9.10. The minimum Gasteiger partial charge on any atom is -0.265 e. The molecule has 0 radical (unpaired) electrons. The van der Waals surface area contributed by atoms with Crippen LogP contribution in [0.1, 0.15) is 0 Å². The van der Waals surface area contributed by atoms with Gasteiger partial charge in [-0.15, -0.1) is 0 Å². The lowest BCUT2D eigenvalue weighted by molar-refractivity contribution is 1.29. The molecule has 2 rings (SSSR count). The first kappa shape index (κ1) is 8.38. The Morgan fingerprint density at radius 3 is 2.31 bits per heavy atom. The van der Waals surface area contributed by atoms with Gasteiger partial charge in [0.05, 0.1) is 0 Å². The Balaban J connectivity index is 2.54. The Hall–Kier alpha value is -1.22. The molecule has 3 heteroatoms. The van der Waals surface area contributed by atoms with Crippen molar-refractivity contribution in [2.75, 3.05) is 0 Å². The molecule has 2 aromatic heterocycles. The van der Waals surface area contributed by atoms with E-state index in [0.29, 0.717) is 0 Å². The third-order valence-corrected chi connectivity index (χ3v) is 2.40. The van der Waals surface area contributed by atoms with E-state index in [4.69, 9.17) is 0 Å². The molecule has 0 amide bonds. The van der Waals surface area contributed by atoms with Crippen LogP contribution >= 0.6 is 15.9 Å².